The van der Waals surface area contributed by atoms with Crippen LogP contribution in [0.5, 0.6) is 0 Å². The van der Waals surface area contributed by atoms with Gasteiger partial charge < -0.3 is 14.8 Å². The summed E-state index contributed by atoms with van der Waals surface area (Å²) in [5.41, 5.74) is 1.32. The highest BCUT2D eigenvalue weighted by Gasteiger charge is 2.12. The fourth-order valence-corrected chi connectivity index (χ4v) is 1.98. The molecule has 6 heteroatoms. The third-order valence-electron chi connectivity index (χ3n) is 2.66. The Morgan fingerprint density at radius 1 is 1.30 bits per heavy atom. The van der Waals surface area contributed by atoms with Crippen LogP contribution < -0.4 is 5.32 Å². The van der Waals surface area contributed by atoms with Gasteiger partial charge in [-0.2, -0.15) is 0 Å². The van der Waals surface area contributed by atoms with E-state index in [-0.39, 0.29) is 18.2 Å². The third-order valence-corrected chi connectivity index (χ3v) is 2.98. The number of benzene rings is 1. The van der Waals surface area contributed by atoms with Crippen LogP contribution in [0.25, 0.3) is 0 Å². The van der Waals surface area contributed by atoms with Gasteiger partial charge >= 0.3 is 5.97 Å². The zero-order valence-electron chi connectivity index (χ0n) is 10.6. The summed E-state index contributed by atoms with van der Waals surface area (Å²) in [6.07, 6.45) is 0. The number of amides is 1. The molecular weight excluding hydrogens is 282 g/mol. The Morgan fingerprint density at radius 3 is 2.65 bits per heavy atom. The minimum Gasteiger partial charge on any atom is -0.475 e. The number of nitrogens with one attached hydrogen (secondary N) is 1. The molecule has 0 aliphatic rings. The van der Waals surface area contributed by atoms with Gasteiger partial charge in [0.05, 0.1) is 17.1 Å². The molecule has 1 heterocycles. The Balaban J connectivity index is 2.02. The zero-order chi connectivity index (χ0) is 14.7. The first kappa shape index (κ1) is 14.1. The molecule has 2 aromatic rings. The number of carboxylic acids is 1. The molecule has 0 unspecified atom stereocenters. The quantitative estimate of drug-likeness (QED) is 0.908. The van der Waals surface area contributed by atoms with Crippen molar-refractivity contribution < 1.29 is 19.1 Å². The van der Waals surface area contributed by atoms with Gasteiger partial charge in [-0.05, 0) is 36.8 Å². The monoisotopic (exact) mass is 293 g/mol. The van der Waals surface area contributed by atoms with E-state index in [0.717, 1.165) is 5.56 Å². The zero-order valence-corrected chi connectivity index (χ0v) is 11.4. The molecule has 0 radical (unpaired) electrons. The lowest BCUT2D eigenvalue weighted by molar-refractivity contribution is 0.0660. The maximum Gasteiger partial charge on any atom is 0.371 e. The molecule has 1 amide bonds. The molecule has 0 saturated carbocycles. The lowest BCUT2D eigenvalue weighted by atomic mass is 10.1. The van der Waals surface area contributed by atoms with E-state index in [1.807, 2.05) is 6.92 Å². The molecular formula is C14H12ClNO4. The molecule has 0 bridgehead atoms. The second-order valence-corrected chi connectivity index (χ2v) is 4.64. The first-order valence-electron chi connectivity index (χ1n) is 5.83. The summed E-state index contributed by atoms with van der Waals surface area (Å²) < 4.78 is 5.03. The van der Waals surface area contributed by atoms with Gasteiger partial charge in [0, 0.05) is 0 Å². The Morgan fingerprint density at radius 2 is 2.05 bits per heavy atom. The van der Waals surface area contributed by atoms with Crippen LogP contribution in [0.3, 0.4) is 0 Å². The largest absolute Gasteiger partial charge is 0.475 e. The lowest BCUT2D eigenvalue weighted by Gasteiger charge is -2.06. The minimum atomic E-state index is -1.15. The number of carboxylic acid groups (broad SMARTS) is 1. The van der Waals surface area contributed by atoms with Crippen LogP contribution in [0.2, 0.25) is 5.02 Å². The van der Waals surface area contributed by atoms with Gasteiger partial charge in [0.25, 0.3) is 5.91 Å². The van der Waals surface area contributed by atoms with Crippen molar-refractivity contribution in [3.63, 3.8) is 0 Å². The van der Waals surface area contributed by atoms with E-state index in [0.29, 0.717) is 16.3 Å². The summed E-state index contributed by atoms with van der Waals surface area (Å²) in [6.45, 7) is 1.97. The molecule has 0 saturated heterocycles. The predicted octanol–water partition coefficient (Wildman–Crippen LogP) is 2.87. The molecule has 104 valence electrons. The van der Waals surface area contributed by atoms with Gasteiger partial charge in [-0.1, -0.05) is 17.7 Å². The molecule has 20 heavy (non-hydrogen) atoms. The summed E-state index contributed by atoms with van der Waals surface area (Å²) >= 11 is 5.99. The molecule has 2 rings (SSSR count). The average molecular weight is 294 g/mol. The van der Waals surface area contributed by atoms with Crippen LogP contribution in [-0.4, -0.2) is 17.0 Å². The van der Waals surface area contributed by atoms with Crippen LogP contribution in [0.15, 0.2) is 34.7 Å². The molecule has 5 nitrogen and oxygen atoms in total. The SMILES string of the molecule is Cc1ccc(C(=O)NCc2ccc(C(=O)O)o2)c(Cl)c1. The van der Waals surface area contributed by atoms with Crippen molar-refractivity contribution in [3.05, 3.63) is 58.0 Å². The van der Waals surface area contributed by atoms with E-state index in [1.165, 1.54) is 12.1 Å². The number of halogens is 1. The van der Waals surface area contributed by atoms with Gasteiger partial charge in [-0.25, -0.2) is 4.79 Å². The number of rotatable bonds is 4. The number of carbonyl (C=O) groups excluding carboxylic acids is 1. The predicted molar refractivity (Wildman–Crippen MR) is 73.0 cm³/mol. The van der Waals surface area contributed by atoms with E-state index in [2.05, 4.69) is 5.32 Å². The van der Waals surface area contributed by atoms with E-state index < -0.39 is 5.97 Å². The van der Waals surface area contributed by atoms with Crippen molar-refractivity contribution in [1.29, 1.82) is 0 Å². The van der Waals surface area contributed by atoms with Crippen LogP contribution in [0.4, 0.5) is 0 Å². The second-order valence-electron chi connectivity index (χ2n) is 4.24. The van der Waals surface area contributed by atoms with Gasteiger partial charge in [0.15, 0.2) is 0 Å². The Labute approximate surface area is 120 Å². The smallest absolute Gasteiger partial charge is 0.371 e. The highest BCUT2D eigenvalue weighted by atomic mass is 35.5. The normalized spacial score (nSPS) is 10.3. The third kappa shape index (κ3) is 3.19. The van der Waals surface area contributed by atoms with Crippen LogP contribution in [0, 0.1) is 6.92 Å². The summed E-state index contributed by atoms with van der Waals surface area (Å²) in [5, 5.41) is 11.7. The fourth-order valence-electron chi connectivity index (χ4n) is 1.65. The number of hydrogen-bond donors (Lipinski definition) is 2. The molecule has 0 spiro atoms. The number of furan rings is 1. The maximum absolute atomic E-state index is 11.9. The lowest BCUT2D eigenvalue weighted by Crippen LogP contribution is -2.22. The molecule has 1 aromatic heterocycles. The summed E-state index contributed by atoms with van der Waals surface area (Å²) in [7, 11) is 0. The summed E-state index contributed by atoms with van der Waals surface area (Å²) in [6, 6.07) is 7.96. The number of carbonyl (C=O) groups is 2. The number of aromatic carboxylic acids is 1. The van der Waals surface area contributed by atoms with E-state index >= 15 is 0 Å². The number of aryl methyl sites for hydroxylation is 1. The minimum absolute atomic E-state index is 0.0936. The molecule has 0 aliphatic heterocycles. The van der Waals surface area contributed by atoms with Gasteiger partial charge in [-0.15, -0.1) is 0 Å². The van der Waals surface area contributed by atoms with E-state index in [9.17, 15) is 9.59 Å². The molecule has 0 atom stereocenters. The Bertz CT molecular complexity index is 663. The van der Waals surface area contributed by atoms with Crippen LogP contribution >= 0.6 is 11.6 Å². The molecule has 0 fully saturated rings. The highest BCUT2D eigenvalue weighted by Crippen LogP contribution is 2.17. The van der Waals surface area contributed by atoms with Crippen molar-refractivity contribution in [1.82, 2.24) is 5.32 Å². The van der Waals surface area contributed by atoms with Crippen LogP contribution in [0.1, 0.15) is 32.2 Å². The van der Waals surface area contributed by atoms with Crippen molar-refractivity contribution >= 4 is 23.5 Å². The first-order valence-corrected chi connectivity index (χ1v) is 6.21. The topological polar surface area (TPSA) is 79.5 Å². The fraction of sp³-hybridized carbons (Fsp3) is 0.143. The maximum atomic E-state index is 11.9. The standard InChI is InChI=1S/C14H12ClNO4/c1-8-2-4-10(11(15)6-8)13(17)16-7-9-3-5-12(20-9)14(18)19/h2-6H,7H2,1H3,(H,16,17)(H,18,19). The van der Waals surface area contributed by atoms with Gasteiger partial charge in [0.1, 0.15) is 5.76 Å². The molecule has 0 aliphatic carbocycles. The average Bonchev–Trinajstić information content (AvgIpc) is 2.85. The summed E-state index contributed by atoms with van der Waals surface area (Å²) in [4.78, 5) is 22.6. The Hall–Kier alpha value is -2.27. The van der Waals surface area contributed by atoms with E-state index in [4.69, 9.17) is 21.1 Å². The molecule has 1 aromatic carbocycles. The second kappa shape index (κ2) is 5.79. The molecule has 2 N–H and O–H groups in total. The van der Waals surface area contributed by atoms with Crippen LogP contribution in [-0.2, 0) is 6.54 Å². The Kier molecular flexibility index (Phi) is 4.10. The summed E-state index contributed by atoms with van der Waals surface area (Å²) in [5.74, 6) is -1.30. The van der Waals surface area contributed by atoms with E-state index in [1.54, 1.807) is 18.2 Å². The van der Waals surface area contributed by atoms with Crippen molar-refractivity contribution in [2.45, 2.75) is 13.5 Å². The van der Waals surface area contributed by atoms with Crippen molar-refractivity contribution in [3.8, 4) is 0 Å². The van der Waals surface area contributed by atoms with Crippen molar-refractivity contribution in [2.75, 3.05) is 0 Å². The van der Waals surface area contributed by atoms with Gasteiger partial charge in [0.2, 0.25) is 5.76 Å². The van der Waals surface area contributed by atoms with Gasteiger partial charge in [-0.3, -0.25) is 4.79 Å². The van der Waals surface area contributed by atoms with Crippen molar-refractivity contribution in [2.24, 2.45) is 0 Å². The first-order chi connectivity index (χ1) is 9.47. The number of hydrogen-bond acceptors (Lipinski definition) is 3. The highest BCUT2D eigenvalue weighted by molar-refractivity contribution is 6.33.